The number of hydrogen-bond donors (Lipinski definition) is 0. The van der Waals surface area contributed by atoms with Gasteiger partial charge in [-0.2, -0.15) is 0 Å². The number of carbonyl (C=O) groups excluding carboxylic acids is 3. The molecule has 7 nitrogen and oxygen atoms in total. The Bertz CT molecular complexity index is 1040. The fourth-order valence-corrected chi connectivity index (χ4v) is 4.24. The monoisotopic (exact) mass is 439 g/mol. The first-order valence-corrected chi connectivity index (χ1v) is 10.9. The Hall–Kier alpha value is -3.22. The highest BCUT2D eigenvalue weighted by Gasteiger charge is 2.54. The van der Waals surface area contributed by atoms with E-state index in [0.29, 0.717) is 11.3 Å². The van der Waals surface area contributed by atoms with Gasteiger partial charge in [-0.1, -0.05) is 24.3 Å². The number of carbonyl (C=O) groups is 3. The van der Waals surface area contributed by atoms with Crippen LogP contribution in [-0.4, -0.2) is 42.7 Å². The number of nitrogens with zero attached hydrogens (tertiary/aromatic N) is 1. The largest absolute Gasteiger partial charge is 0.465 e. The van der Waals surface area contributed by atoms with Crippen LogP contribution in [0.15, 0.2) is 24.3 Å². The lowest BCUT2D eigenvalue weighted by Crippen LogP contribution is -2.43. The molecule has 0 bridgehead atoms. The van der Waals surface area contributed by atoms with Gasteiger partial charge in [0, 0.05) is 18.4 Å². The zero-order chi connectivity index (χ0) is 23.5. The molecular weight excluding hydrogens is 410 g/mol. The molecule has 2 aromatic rings. The van der Waals surface area contributed by atoms with Gasteiger partial charge in [-0.25, -0.2) is 9.78 Å². The topological polar surface area (TPSA) is 91.8 Å². The van der Waals surface area contributed by atoms with Crippen LogP contribution >= 0.6 is 0 Å². The van der Waals surface area contributed by atoms with Gasteiger partial charge >= 0.3 is 17.9 Å². The number of ether oxygens (including phenoxy) is 3. The number of hydrogen-bond acceptors (Lipinski definition) is 7. The van der Waals surface area contributed by atoms with Crippen molar-refractivity contribution in [3.8, 4) is 11.3 Å². The van der Waals surface area contributed by atoms with Crippen molar-refractivity contribution in [2.75, 3.05) is 19.8 Å². The molecule has 170 valence electrons. The Morgan fingerprint density at radius 3 is 2.00 bits per heavy atom. The molecule has 0 aliphatic heterocycles. The van der Waals surface area contributed by atoms with Crippen LogP contribution in [0.3, 0.4) is 0 Å². The van der Waals surface area contributed by atoms with Gasteiger partial charge in [0.1, 0.15) is 0 Å². The van der Waals surface area contributed by atoms with E-state index in [1.54, 1.807) is 27.7 Å². The quantitative estimate of drug-likeness (QED) is 0.368. The molecule has 0 atom stereocenters. The second kappa shape index (κ2) is 9.51. The van der Waals surface area contributed by atoms with Crippen molar-refractivity contribution >= 4 is 17.9 Å². The maximum absolute atomic E-state index is 13.1. The van der Waals surface area contributed by atoms with Crippen molar-refractivity contribution in [3.05, 3.63) is 52.2 Å². The number of esters is 3. The first-order chi connectivity index (χ1) is 15.3. The minimum Gasteiger partial charge on any atom is -0.465 e. The van der Waals surface area contributed by atoms with E-state index in [9.17, 15) is 14.4 Å². The third kappa shape index (κ3) is 3.99. The molecule has 1 heterocycles. The maximum atomic E-state index is 13.1. The van der Waals surface area contributed by atoms with Crippen LogP contribution in [0.25, 0.3) is 11.3 Å². The highest BCUT2D eigenvalue weighted by Crippen LogP contribution is 2.45. The van der Waals surface area contributed by atoms with Crippen molar-refractivity contribution < 1.29 is 28.6 Å². The van der Waals surface area contributed by atoms with Crippen LogP contribution in [0.5, 0.6) is 0 Å². The Labute approximate surface area is 188 Å². The number of pyridine rings is 1. The van der Waals surface area contributed by atoms with E-state index in [0.717, 1.165) is 22.3 Å². The van der Waals surface area contributed by atoms with Crippen molar-refractivity contribution in [1.29, 1.82) is 0 Å². The van der Waals surface area contributed by atoms with Crippen LogP contribution in [-0.2, 0) is 36.6 Å². The van der Waals surface area contributed by atoms with Gasteiger partial charge in [0.2, 0.25) is 0 Å². The summed E-state index contributed by atoms with van der Waals surface area (Å²) in [6.07, 6.45) is 0.181. The molecule has 1 aliphatic rings. The lowest BCUT2D eigenvalue weighted by atomic mass is 9.84. The van der Waals surface area contributed by atoms with Gasteiger partial charge in [-0.15, -0.1) is 0 Å². The lowest BCUT2D eigenvalue weighted by molar-refractivity contribution is -0.171. The molecular formula is C25H29NO6. The summed E-state index contributed by atoms with van der Waals surface area (Å²) < 4.78 is 15.8. The first-order valence-electron chi connectivity index (χ1n) is 10.9. The predicted octanol–water partition coefficient (Wildman–Crippen LogP) is 3.75. The standard InChI is InChI=1S/C25H29NO6/c1-6-30-22(27)20-16(5)18-13-25(23(28)31-7-2,24(29)32-8-3)14-19(18)21(26-20)17-12-10-9-11-15(17)4/h9-12H,6-8,13-14H2,1-5H3. The van der Waals surface area contributed by atoms with Crippen LogP contribution in [0.1, 0.15) is 53.5 Å². The summed E-state index contributed by atoms with van der Waals surface area (Å²) in [5.74, 6) is -1.78. The predicted molar refractivity (Wildman–Crippen MR) is 118 cm³/mol. The summed E-state index contributed by atoms with van der Waals surface area (Å²) >= 11 is 0. The fraction of sp³-hybridized carbons (Fsp3) is 0.440. The normalized spacial score (nSPS) is 13.9. The van der Waals surface area contributed by atoms with E-state index in [1.165, 1.54) is 0 Å². The Balaban J connectivity index is 2.27. The number of aryl methyl sites for hydroxylation is 1. The smallest absolute Gasteiger partial charge is 0.357 e. The third-order valence-electron chi connectivity index (χ3n) is 5.84. The van der Waals surface area contributed by atoms with E-state index in [-0.39, 0.29) is 38.4 Å². The average molecular weight is 440 g/mol. The molecule has 0 amide bonds. The van der Waals surface area contributed by atoms with Crippen LogP contribution in [0.4, 0.5) is 0 Å². The van der Waals surface area contributed by atoms with Crippen molar-refractivity contribution in [2.45, 2.75) is 47.5 Å². The van der Waals surface area contributed by atoms with Crippen molar-refractivity contribution in [2.24, 2.45) is 5.41 Å². The second-order valence-corrected chi connectivity index (χ2v) is 7.80. The highest BCUT2D eigenvalue weighted by atomic mass is 16.6. The van der Waals surface area contributed by atoms with Crippen LogP contribution in [0.2, 0.25) is 0 Å². The molecule has 0 saturated heterocycles. The van der Waals surface area contributed by atoms with Crippen molar-refractivity contribution in [3.63, 3.8) is 0 Å². The van der Waals surface area contributed by atoms with E-state index in [4.69, 9.17) is 19.2 Å². The summed E-state index contributed by atoms with van der Waals surface area (Å²) in [6, 6.07) is 7.67. The van der Waals surface area contributed by atoms with Crippen LogP contribution in [0, 0.1) is 19.3 Å². The van der Waals surface area contributed by atoms with Crippen LogP contribution < -0.4 is 0 Å². The summed E-state index contributed by atoms with van der Waals surface area (Å²) in [6.45, 7) is 9.35. The summed E-state index contributed by atoms with van der Waals surface area (Å²) in [4.78, 5) is 43.5. The van der Waals surface area contributed by atoms with E-state index >= 15 is 0 Å². The Morgan fingerprint density at radius 2 is 1.44 bits per heavy atom. The number of fused-ring (bicyclic) bond motifs is 1. The number of rotatable bonds is 7. The third-order valence-corrected chi connectivity index (χ3v) is 5.84. The Kier molecular flexibility index (Phi) is 6.96. The molecule has 32 heavy (non-hydrogen) atoms. The molecule has 1 aliphatic carbocycles. The van der Waals surface area contributed by atoms with Gasteiger partial charge < -0.3 is 14.2 Å². The van der Waals surface area contributed by atoms with Gasteiger partial charge in [-0.3, -0.25) is 9.59 Å². The lowest BCUT2D eigenvalue weighted by Gasteiger charge is -2.24. The van der Waals surface area contributed by atoms with Gasteiger partial charge in [0.25, 0.3) is 0 Å². The zero-order valence-electron chi connectivity index (χ0n) is 19.2. The molecule has 0 spiro atoms. The molecule has 7 heteroatoms. The van der Waals surface area contributed by atoms with Gasteiger partial charge in [0.15, 0.2) is 11.1 Å². The van der Waals surface area contributed by atoms with Crippen molar-refractivity contribution in [1.82, 2.24) is 4.98 Å². The molecule has 3 rings (SSSR count). The molecule has 0 fully saturated rings. The molecule has 0 radical (unpaired) electrons. The summed E-state index contributed by atoms with van der Waals surface area (Å²) in [5, 5.41) is 0. The maximum Gasteiger partial charge on any atom is 0.357 e. The SMILES string of the molecule is CCOC(=O)c1nc(-c2ccccc2C)c2c(c1C)CC(C(=O)OCC)(C(=O)OCC)C2. The molecule has 1 aromatic heterocycles. The molecule has 0 N–H and O–H groups in total. The highest BCUT2D eigenvalue weighted by molar-refractivity contribution is 6.02. The van der Waals surface area contributed by atoms with E-state index in [2.05, 4.69) is 0 Å². The van der Waals surface area contributed by atoms with Gasteiger partial charge in [0.05, 0.1) is 25.5 Å². The second-order valence-electron chi connectivity index (χ2n) is 7.80. The minimum absolute atomic E-state index is 0.0830. The number of benzene rings is 1. The van der Waals surface area contributed by atoms with E-state index in [1.807, 2.05) is 31.2 Å². The molecule has 0 unspecified atom stereocenters. The first kappa shape index (κ1) is 23.4. The zero-order valence-corrected chi connectivity index (χ0v) is 19.2. The summed E-state index contributed by atoms with van der Waals surface area (Å²) in [5.41, 5.74) is 3.14. The molecule has 0 saturated carbocycles. The molecule has 1 aromatic carbocycles. The number of aromatic nitrogens is 1. The average Bonchev–Trinajstić information content (AvgIpc) is 3.18. The Morgan fingerprint density at radius 1 is 0.875 bits per heavy atom. The van der Waals surface area contributed by atoms with Gasteiger partial charge in [-0.05, 0) is 56.9 Å². The van der Waals surface area contributed by atoms with E-state index < -0.39 is 23.3 Å². The summed E-state index contributed by atoms with van der Waals surface area (Å²) in [7, 11) is 0. The fourth-order valence-electron chi connectivity index (χ4n) is 4.24. The minimum atomic E-state index is -1.51.